The first kappa shape index (κ1) is 39.4. The van der Waals surface area contributed by atoms with Crippen molar-refractivity contribution in [2.75, 3.05) is 4.90 Å². The number of nitrogens with zero attached hydrogens (tertiary/aromatic N) is 2. The van der Waals surface area contributed by atoms with E-state index in [1.54, 1.807) is 0 Å². The van der Waals surface area contributed by atoms with Crippen LogP contribution < -0.4 is 4.90 Å². The molecule has 0 spiro atoms. The molecular formula is C66H44N2. The summed E-state index contributed by atoms with van der Waals surface area (Å²) in [7, 11) is 0. The average Bonchev–Trinajstić information content (AvgIpc) is 3.76. The van der Waals surface area contributed by atoms with E-state index in [1.165, 1.54) is 82.0 Å². The molecule has 2 heteroatoms. The third-order valence-electron chi connectivity index (χ3n) is 13.7. The number of anilines is 3. The number of hydrogen-bond acceptors (Lipinski definition) is 1. The minimum atomic E-state index is 1.07. The first-order chi connectivity index (χ1) is 33.8. The van der Waals surface area contributed by atoms with Gasteiger partial charge in [0.25, 0.3) is 0 Å². The summed E-state index contributed by atoms with van der Waals surface area (Å²) in [5, 5.41) is 9.87. The van der Waals surface area contributed by atoms with E-state index in [0.29, 0.717) is 0 Å². The molecule has 318 valence electrons. The summed E-state index contributed by atoms with van der Waals surface area (Å²) in [6.45, 7) is 0. The van der Waals surface area contributed by atoms with Crippen LogP contribution in [0.1, 0.15) is 0 Å². The first-order valence-electron chi connectivity index (χ1n) is 23.4. The van der Waals surface area contributed by atoms with Crippen LogP contribution in [0.4, 0.5) is 17.1 Å². The van der Waals surface area contributed by atoms with E-state index in [9.17, 15) is 0 Å². The lowest BCUT2D eigenvalue weighted by Crippen LogP contribution is -2.12. The smallest absolute Gasteiger partial charge is 0.0782 e. The Balaban J connectivity index is 1.06. The number of aromatic nitrogens is 1. The van der Waals surface area contributed by atoms with Crippen LogP contribution in [-0.2, 0) is 0 Å². The zero-order valence-corrected chi connectivity index (χ0v) is 37.3. The minimum absolute atomic E-state index is 1.07. The molecular weight excluding hydrogens is 821 g/mol. The molecule has 13 aromatic rings. The normalized spacial score (nSPS) is 11.5. The van der Waals surface area contributed by atoms with E-state index in [1.807, 2.05) is 0 Å². The van der Waals surface area contributed by atoms with Gasteiger partial charge in [-0.2, -0.15) is 0 Å². The second-order valence-corrected chi connectivity index (χ2v) is 17.6. The molecule has 1 heterocycles. The standard InChI is InChI=1S/C66H44N2/c1-4-21-46(22-5-1)64-59-35-13-12-33-56(59)57-41-40-49(44-61(57)65(64)47-23-6-2-7-24-47)48-26-16-30-52(42-48)67(53-31-17-27-50(43-53)55-36-18-25-45-20-10-11-32-54(45)55)63-39-19-37-60-58-34-14-15-38-62(58)68(66(60)63)51-28-8-3-9-29-51/h1-44H. The van der Waals surface area contributed by atoms with E-state index in [0.717, 1.165) is 39.4 Å². The van der Waals surface area contributed by atoms with Crippen LogP contribution >= 0.6 is 0 Å². The fourth-order valence-corrected chi connectivity index (χ4v) is 10.7. The topological polar surface area (TPSA) is 8.17 Å². The van der Waals surface area contributed by atoms with Crippen molar-refractivity contribution >= 4 is 71.2 Å². The van der Waals surface area contributed by atoms with Crippen molar-refractivity contribution in [3.63, 3.8) is 0 Å². The molecule has 2 nitrogen and oxygen atoms in total. The molecule has 0 saturated carbocycles. The molecule has 0 saturated heterocycles. The SMILES string of the molecule is c1ccc(-c2c(-c3ccccc3)c3cc(-c4cccc(N(c5cccc(-c6cccc7ccccc67)c5)c5cccc6c7ccccc7n(-c7ccccc7)c56)c4)ccc3c3ccccc23)cc1. The third-order valence-corrected chi connectivity index (χ3v) is 13.7. The predicted octanol–water partition coefficient (Wildman–Crippen LogP) is 18.4. The van der Waals surface area contributed by atoms with E-state index in [-0.39, 0.29) is 0 Å². The summed E-state index contributed by atoms with van der Waals surface area (Å²) in [6.07, 6.45) is 0. The summed E-state index contributed by atoms with van der Waals surface area (Å²) in [5.74, 6) is 0. The summed E-state index contributed by atoms with van der Waals surface area (Å²) in [5.41, 5.74) is 16.3. The van der Waals surface area contributed by atoms with Gasteiger partial charge in [-0.3, -0.25) is 0 Å². The molecule has 0 fully saturated rings. The van der Waals surface area contributed by atoms with Crippen molar-refractivity contribution in [3.8, 4) is 50.2 Å². The van der Waals surface area contributed by atoms with E-state index < -0.39 is 0 Å². The lowest BCUT2D eigenvalue weighted by molar-refractivity contribution is 1.17. The Labute approximate surface area is 395 Å². The van der Waals surface area contributed by atoms with Gasteiger partial charge in [0.15, 0.2) is 0 Å². The lowest BCUT2D eigenvalue weighted by Gasteiger charge is -2.28. The van der Waals surface area contributed by atoms with Crippen molar-refractivity contribution in [3.05, 3.63) is 267 Å². The van der Waals surface area contributed by atoms with Crippen molar-refractivity contribution < 1.29 is 0 Å². The summed E-state index contributed by atoms with van der Waals surface area (Å²) >= 11 is 0. The Kier molecular flexibility index (Phi) is 9.54. The average molecular weight is 865 g/mol. The van der Waals surface area contributed by atoms with Crippen LogP contribution in [0, 0.1) is 0 Å². The van der Waals surface area contributed by atoms with Crippen LogP contribution in [0.25, 0.3) is 104 Å². The van der Waals surface area contributed by atoms with Gasteiger partial charge in [-0.05, 0) is 131 Å². The van der Waals surface area contributed by atoms with E-state index in [2.05, 4.69) is 276 Å². The Morgan fingerprint density at radius 3 is 1.53 bits per heavy atom. The molecule has 0 atom stereocenters. The van der Waals surface area contributed by atoms with Gasteiger partial charge in [-0.25, -0.2) is 0 Å². The molecule has 0 bridgehead atoms. The summed E-state index contributed by atoms with van der Waals surface area (Å²) in [6, 6.07) is 97.6. The van der Waals surface area contributed by atoms with E-state index in [4.69, 9.17) is 0 Å². The zero-order chi connectivity index (χ0) is 45.0. The Bertz CT molecular complexity index is 4010. The van der Waals surface area contributed by atoms with E-state index >= 15 is 0 Å². The first-order valence-corrected chi connectivity index (χ1v) is 23.4. The summed E-state index contributed by atoms with van der Waals surface area (Å²) < 4.78 is 2.44. The molecule has 0 N–H and O–H groups in total. The highest BCUT2D eigenvalue weighted by Gasteiger charge is 2.23. The molecule has 0 aliphatic heterocycles. The molecule has 12 aromatic carbocycles. The number of hydrogen-bond donors (Lipinski definition) is 0. The minimum Gasteiger partial charge on any atom is -0.308 e. The molecule has 0 radical (unpaired) electrons. The van der Waals surface area contributed by atoms with Crippen molar-refractivity contribution in [1.29, 1.82) is 0 Å². The van der Waals surface area contributed by atoms with Crippen molar-refractivity contribution in [2.45, 2.75) is 0 Å². The van der Waals surface area contributed by atoms with Gasteiger partial charge < -0.3 is 9.47 Å². The van der Waals surface area contributed by atoms with Crippen LogP contribution in [0.15, 0.2) is 267 Å². The largest absolute Gasteiger partial charge is 0.308 e. The number of para-hydroxylation sites is 3. The van der Waals surface area contributed by atoms with Crippen molar-refractivity contribution in [2.24, 2.45) is 0 Å². The zero-order valence-electron chi connectivity index (χ0n) is 37.3. The molecule has 0 unspecified atom stereocenters. The molecule has 68 heavy (non-hydrogen) atoms. The number of fused-ring (bicyclic) bond motifs is 7. The van der Waals surface area contributed by atoms with Gasteiger partial charge >= 0.3 is 0 Å². The fourth-order valence-electron chi connectivity index (χ4n) is 10.7. The highest BCUT2D eigenvalue weighted by Crippen LogP contribution is 2.48. The maximum absolute atomic E-state index is 2.47. The fraction of sp³-hybridized carbons (Fsp3) is 0. The van der Waals surface area contributed by atoms with Crippen LogP contribution in [0.2, 0.25) is 0 Å². The molecule has 0 amide bonds. The second-order valence-electron chi connectivity index (χ2n) is 17.6. The van der Waals surface area contributed by atoms with Crippen LogP contribution in [0.3, 0.4) is 0 Å². The molecule has 13 rings (SSSR count). The lowest BCUT2D eigenvalue weighted by atomic mass is 9.84. The Morgan fingerprint density at radius 2 is 0.779 bits per heavy atom. The van der Waals surface area contributed by atoms with Gasteiger partial charge in [-0.15, -0.1) is 0 Å². The predicted molar refractivity (Wildman–Crippen MR) is 290 cm³/mol. The number of benzene rings is 12. The second kappa shape index (κ2) is 16.5. The Morgan fingerprint density at radius 1 is 0.279 bits per heavy atom. The quantitative estimate of drug-likeness (QED) is 0.138. The number of rotatable bonds is 8. The van der Waals surface area contributed by atoms with Crippen LogP contribution in [-0.4, -0.2) is 4.57 Å². The maximum atomic E-state index is 2.47. The molecule has 0 aliphatic rings. The Hall–Kier alpha value is -8.98. The molecule has 0 aliphatic carbocycles. The highest BCUT2D eigenvalue weighted by molar-refractivity contribution is 6.22. The van der Waals surface area contributed by atoms with Gasteiger partial charge in [0.05, 0.1) is 16.7 Å². The van der Waals surface area contributed by atoms with Gasteiger partial charge in [-0.1, -0.05) is 212 Å². The maximum Gasteiger partial charge on any atom is 0.0782 e. The van der Waals surface area contributed by atoms with Gasteiger partial charge in [0, 0.05) is 27.8 Å². The van der Waals surface area contributed by atoms with Crippen LogP contribution in [0.5, 0.6) is 0 Å². The molecule has 1 aromatic heterocycles. The monoisotopic (exact) mass is 864 g/mol. The van der Waals surface area contributed by atoms with Crippen molar-refractivity contribution in [1.82, 2.24) is 4.57 Å². The van der Waals surface area contributed by atoms with Gasteiger partial charge in [0.2, 0.25) is 0 Å². The van der Waals surface area contributed by atoms with Gasteiger partial charge in [0.1, 0.15) is 0 Å². The highest BCUT2D eigenvalue weighted by atomic mass is 15.2. The summed E-state index contributed by atoms with van der Waals surface area (Å²) in [4.78, 5) is 2.47. The third kappa shape index (κ3) is 6.57.